The number of para-hydroxylation sites is 1. The van der Waals surface area contributed by atoms with Crippen LogP contribution in [0.1, 0.15) is 20.8 Å². The Kier molecular flexibility index (Phi) is 3.46. The van der Waals surface area contributed by atoms with E-state index >= 15 is 0 Å². The van der Waals surface area contributed by atoms with Gasteiger partial charge in [-0.3, -0.25) is 0 Å². The van der Waals surface area contributed by atoms with Crippen LogP contribution < -0.4 is 4.74 Å². The molecule has 0 fully saturated rings. The molecule has 0 heterocycles. The fraction of sp³-hybridized carbons (Fsp3) is 0.250. The van der Waals surface area contributed by atoms with Crippen molar-refractivity contribution in [3.8, 4) is 5.75 Å². The molecule has 0 amide bonds. The molecule has 74 valence electrons. The third kappa shape index (κ3) is 2.73. The quantitative estimate of drug-likeness (QED) is 0.407. The molecule has 0 aliphatic rings. The van der Waals surface area contributed by atoms with E-state index in [9.17, 15) is 4.79 Å². The van der Waals surface area contributed by atoms with Gasteiger partial charge in [0.25, 0.3) is 0 Å². The third-order valence-electron chi connectivity index (χ3n) is 2.01. The van der Waals surface area contributed by atoms with Gasteiger partial charge in [-0.15, -0.1) is 0 Å². The fourth-order valence-corrected chi connectivity index (χ4v) is 0.876. The minimum Gasteiger partial charge on any atom is -0.423 e. The highest BCUT2D eigenvalue weighted by atomic mass is 16.5. The average molecular weight is 190 g/mol. The van der Waals surface area contributed by atoms with E-state index in [0.29, 0.717) is 11.3 Å². The van der Waals surface area contributed by atoms with E-state index in [2.05, 4.69) is 0 Å². The fourth-order valence-electron chi connectivity index (χ4n) is 0.876. The van der Waals surface area contributed by atoms with Crippen molar-refractivity contribution in [2.45, 2.75) is 20.8 Å². The van der Waals surface area contributed by atoms with E-state index in [-0.39, 0.29) is 5.97 Å². The van der Waals surface area contributed by atoms with Crippen LogP contribution in [0.15, 0.2) is 41.5 Å². The lowest BCUT2D eigenvalue weighted by Gasteiger charge is -2.04. The van der Waals surface area contributed by atoms with Crippen molar-refractivity contribution >= 4 is 5.97 Å². The van der Waals surface area contributed by atoms with Gasteiger partial charge in [-0.05, 0) is 32.9 Å². The lowest BCUT2D eigenvalue weighted by Crippen LogP contribution is -2.10. The maximum absolute atomic E-state index is 11.5. The second-order valence-electron chi connectivity index (χ2n) is 3.33. The highest BCUT2D eigenvalue weighted by Gasteiger charge is 2.07. The molecule has 0 aliphatic heterocycles. The first-order valence-electron chi connectivity index (χ1n) is 4.52. The second kappa shape index (κ2) is 4.61. The molecule has 0 aliphatic carbocycles. The molecule has 1 aromatic rings. The molecular formula is C12H14O2. The van der Waals surface area contributed by atoms with Gasteiger partial charge in [0.2, 0.25) is 0 Å². The van der Waals surface area contributed by atoms with Crippen LogP contribution >= 0.6 is 0 Å². The SMILES string of the molecule is CC(C)=C(C)C(=O)Oc1ccccc1. The van der Waals surface area contributed by atoms with Crippen molar-refractivity contribution in [1.29, 1.82) is 0 Å². The largest absolute Gasteiger partial charge is 0.423 e. The molecule has 0 radical (unpaired) electrons. The van der Waals surface area contributed by atoms with Crippen LogP contribution in [-0.2, 0) is 4.79 Å². The summed E-state index contributed by atoms with van der Waals surface area (Å²) in [6.07, 6.45) is 0. The van der Waals surface area contributed by atoms with Gasteiger partial charge >= 0.3 is 5.97 Å². The van der Waals surface area contributed by atoms with Crippen molar-refractivity contribution < 1.29 is 9.53 Å². The zero-order valence-electron chi connectivity index (χ0n) is 8.70. The lowest BCUT2D eigenvalue weighted by molar-refractivity contribution is -0.130. The van der Waals surface area contributed by atoms with Crippen molar-refractivity contribution in [3.05, 3.63) is 41.5 Å². The van der Waals surface area contributed by atoms with Gasteiger partial charge in [0.15, 0.2) is 0 Å². The van der Waals surface area contributed by atoms with Crippen LogP contribution in [0.2, 0.25) is 0 Å². The first-order chi connectivity index (χ1) is 6.61. The van der Waals surface area contributed by atoms with Crippen molar-refractivity contribution in [2.24, 2.45) is 0 Å². The molecule has 0 saturated carbocycles. The standard InChI is InChI=1S/C12H14O2/c1-9(2)10(3)12(13)14-11-7-5-4-6-8-11/h4-8H,1-3H3. The van der Waals surface area contributed by atoms with Crippen LogP contribution in [0, 0.1) is 0 Å². The summed E-state index contributed by atoms with van der Waals surface area (Å²) < 4.78 is 5.14. The number of ether oxygens (including phenoxy) is 1. The summed E-state index contributed by atoms with van der Waals surface area (Å²) in [5, 5.41) is 0. The first-order valence-corrected chi connectivity index (χ1v) is 4.52. The van der Waals surface area contributed by atoms with E-state index < -0.39 is 0 Å². The molecule has 0 N–H and O–H groups in total. The summed E-state index contributed by atoms with van der Waals surface area (Å²) in [5.41, 5.74) is 1.64. The Morgan fingerprint density at radius 1 is 1.07 bits per heavy atom. The summed E-state index contributed by atoms with van der Waals surface area (Å²) in [7, 11) is 0. The summed E-state index contributed by atoms with van der Waals surface area (Å²) >= 11 is 0. The van der Waals surface area contributed by atoms with E-state index in [4.69, 9.17) is 4.74 Å². The highest BCUT2D eigenvalue weighted by molar-refractivity contribution is 5.90. The number of carbonyl (C=O) groups is 1. The maximum atomic E-state index is 11.5. The van der Waals surface area contributed by atoms with Crippen LogP contribution in [0.25, 0.3) is 0 Å². The molecule has 0 saturated heterocycles. The predicted octanol–water partition coefficient (Wildman–Crippen LogP) is 2.95. The lowest BCUT2D eigenvalue weighted by atomic mass is 10.2. The molecule has 0 unspecified atom stereocenters. The smallest absolute Gasteiger partial charge is 0.339 e. The van der Waals surface area contributed by atoms with Gasteiger partial charge < -0.3 is 4.74 Å². The summed E-state index contributed by atoms with van der Waals surface area (Å²) in [6, 6.07) is 9.07. The van der Waals surface area contributed by atoms with E-state index in [1.165, 1.54) is 0 Å². The summed E-state index contributed by atoms with van der Waals surface area (Å²) in [5.74, 6) is 0.300. The zero-order chi connectivity index (χ0) is 10.6. The zero-order valence-corrected chi connectivity index (χ0v) is 8.70. The molecule has 14 heavy (non-hydrogen) atoms. The van der Waals surface area contributed by atoms with Gasteiger partial charge in [-0.2, -0.15) is 0 Å². The van der Waals surface area contributed by atoms with E-state index in [0.717, 1.165) is 5.57 Å². The molecule has 0 atom stereocenters. The Hall–Kier alpha value is -1.57. The normalized spacial score (nSPS) is 9.36. The van der Waals surface area contributed by atoms with Crippen LogP contribution in [-0.4, -0.2) is 5.97 Å². The number of allylic oxidation sites excluding steroid dienone is 1. The Labute approximate surface area is 84.2 Å². The van der Waals surface area contributed by atoms with Crippen LogP contribution in [0.3, 0.4) is 0 Å². The van der Waals surface area contributed by atoms with Gasteiger partial charge in [0.05, 0.1) is 0 Å². The van der Waals surface area contributed by atoms with Crippen LogP contribution in [0.4, 0.5) is 0 Å². The number of hydrogen-bond acceptors (Lipinski definition) is 2. The van der Waals surface area contributed by atoms with Gasteiger partial charge in [-0.1, -0.05) is 23.8 Å². The Morgan fingerprint density at radius 2 is 1.64 bits per heavy atom. The van der Waals surface area contributed by atoms with Crippen molar-refractivity contribution in [2.75, 3.05) is 0 Å². The Bertz CT molecular complexity index is 346. The second-order valence-corrected chi connectivity index (χ2v) is 3.33. The van der Waals surface area contributed by atoms with Gasteiger partial charge in [0, 0.05) is 5.57 Å². The summed E-state index contributed by atoms with van der Waals surface area (Å²) in [6.45, 7) is 5.55. The topological polar surface area (TPSA) is 26.3 Å². The van der Waals surface area contributed by atoms with E-state index in [1.807, 2.05) is 32.0 Å². The monoisotopic (exact) mass is 190 g/mol. The molecule has 0 spiro atoms. The predicted molar refractivity (Wildman–Crippen MR) is 56.1 cm³/mol. The van der Waals surface area contributed by atoms with Crippen molar-refractivity contribution in [3.63, 3.8) is 0 Å². The Balaban J connectivity index is 2.72. The number of carbonyl (C=O) groups excluding carboxylic acids is 1. The number of benzene rings is 1. The minimum absolute atomic E-state index is 0.281. The molecular weight excluding hydrogens is 176 g/mol. The number of rotatable bonds is 2. The maximum Gasteiger partial charge on any atom is 0.339 e. The molecule has 2 nitrogen and oxygen atoms in total. The average Bonchev–Trinajstić information content (AvgIpc) is 2.18. The minimum atomic E-state index is -0.281. The molecule has 0 aromatic heterocycles. The highest BCUT2D eigenvalue weighted by Crippen LogP contribution is 2.12. The first kappa shape index (κ1) is 10.5. The van der Waals surface area contributed by atoms with Gasteiger partial charge in [-0.25, -0.2) is 4.79 Å². The van der Waals surface area contributed by atoms with Crippen molar-refractivity contribution in [1.82, 2.24) is 0 Å². The molecule has 0 bridgehead atoms. The number of hydrogen-bond donors (Lipinski definition) is 0. The van der Waals surface area contributed by atoms with Crippen LogP contribution in [0.5, 0.6) is 5.75 Å². The third-order valence-corrected chi connectivity index (χ3v) is 2.01. The Morgan fingerprint density at radius 3 is 2.14 bits per heavy atom. The molecule has 2 heteroatoms. The number of esters is 1. The molecule has 1 aromatic carbocycles. The van der Waals surface area contributed by atoms with E-state index in [1.54, 1.807) is 19.1 Å². The summed E-state index contributed by atoms with van der Waals surface area (Å²) in [4.78, 5) is 11.5. The van der Waals surface area contributed by atoms with Gasteiger partial charge in [0.1, 0.15) is 5.75 Å². The molecule has 1 rings (SSSR count).